The third-order valence-corrected chi connectivity index (χ3v) is 4.86. The van der Waals surface area contributed by atoms with Gasteiger partial charge in [0.25, 0.3) is 0 Å². The molecule has 1 aromatic rings. The zero-order valence-electron chi connectivity index (χ0n) is 14.0. The molecule has 21 heavy (non-hydrogen) atoms. The fourth-order valence-electron chi connectivity index (χ4n) is 3.50. The topological polar surface area (TPSA) is 15.3 Å². The summed E-state index contributed by atoms with van der Waals surface area (Å²) < 4.78 is 0. The maximum atomic E-state index is 3.80. The highest BCUT2D eigenvalue weighted by Crippen LogP contribution is 2.27. The largest absolute Gasteiger partial charge is 0.309 e. The van der Waals surface area contributed by atoms with Gasteiger partial charge in [-0.1, -0.05) is 51.1 Å². The lowest BCUT2D eigenvalue weighted by Gasteiger charge is -2.41. The molecule has 0 spiro atoms. The van der Waals surface area contributed by atoms with Gasteiger partial charge in [-0.3, -0.25) is 4.90 Å². The maximum absolute atomic E-state index is 3.80. The standard InChI is InChI=1S/C19H32N2/c1-4-13-20-19(17-9-7-6-8-10-17)18(5-2)21-14-11-16(3)12-15-21/h6-10,16,18-20H,4-5,11-15H2,1-3H3. The van der Waals surface area contributed by atoms with E-state index in [4.69, 9.17) is 0 Å². The Labute approximate surface area is 130 Å². The van der Waals surface area contributed by atoms with Crippen molar-refractivity contribution in [2.45, 2.75) is 58.5 Å². The maximum Gasteiger partial charge on any atom is 0.0478 e. The highest BCUT2D eigenvalue weighted by molar-refractivity contribution is 5.21. The Morgan fingerprint density at radius 1 is 1.14 bits per heavy atom. The van der Waals surface area contributed by atoms with Crippen LogP contribution >= 0.6 is 0 Å². The molecule has 1 saturated heterocycles. The van der Waals surface area contributed by atoms with Gasteiger partial charge in [-0.25, -0.2) is 0 Å². The molecule has 0 aromatic heterocycles. The molecule has 1 heterocycles. The lowest BCUT2D eigenvalue weighted by Crippen LogP contribution is -2.47. The summed E-state index contributed by atoms with van der Waals surface area (Å²) in [4.78, 5) is 2.72. The average Bonchev–Trinajstić information content (AvgIpc) is 2.53. The molecule has 1 aromatic carbocycles. The van der Waals surface area contributed by atoms with E-state index in [2.05, 4.69) is 61.3 Å². The van der Waals surface area contributed by atoms with Gasteiger partial charge in [0.05, 0.1) is 0 Å². The minimum atomic E-state index is 0.463. The van der Waals surface area contributed by atoms with Crippen LogP contribution in [0.3, 0.4) is 0 Å². The normalized spacial score (nSPS) is 20.3. The van der Waals surface area contributed by atoms with Crippen LogP contribution in [0.2, 0.25) is 0 Å². The van der Waals surface area contributed by atoms with Crippen LogP contribution in [0.15, 0.2) is 30.3 Å². The highest BCUT2D eigenvalue weighted by atomic mass is 15.2. The molecule has 1 aliphatic rings. The molecule has 0 bridgehead atoms. The summed E-state index contributed by atoms with van der Waals surface area (Å²) in [6, 6.07) is 12.1. The fraction of sp³-hybridized carbons (Fsp3) is 0.684. The summed E-state index contributed by atoms with van der Waals surface area (Å²) in [6.45, 7) is 10.6. The Morgan fingerprint density at radius 3 is 2.38 bits per heavy atom. The van der Waals surface area contributed by atoms with Gasteiger partial charge in [0, 0.05) is 12.1 Å². The molecule has 0 saturated carbocycles. The molecular weight excluding hydrogens is 256 g/mol. The number of hydrogen-bond donors (Lipinski definition) is 1. The zero-order chi connectivity index (χ0) is 15.1. The molecule has 2 atom stereocenters. The second kappa shape index (κ2) is 8.55. The van der Waals surface area contributed by atoms with Gasteiger partial charge in [-0.15, -0.1) is 0 Å². The van der Waals surface area contributed by atoms with Crippen LogP contribution in [0.5, 0.6) is 0 Å². The van der Waals surface area contributed by atoms with Crippen molar-refractivity contribution in [3.63, 3.8) is 0 Å². The minimum Gasteiger partial charge on any atom is -0.309 e. The molecule has 1 aliphatic heterocycles. The molecule has 0 aliphatic carbocycles. The van der Waals surface area contributed by atoms with Crippen molar-refractivity contribution in [2.75, 3.05) is 19.6 Å². The summed E-state index contributed by atoms with van der Waals surface area (Å²) in [5.41, 5.74) is 1.44. The van der Waals surface area contributed by atoms with Crippen molar-refractivity contribution < 1.29 is 0 Å². The number of nitrogens with one attached hydrogen (secondary N) is 1. The van der Waals surface area contributed by atoms with Gasteiger partial charge in [-0.05, 0) is 56.8 Å². The van der Waals surface area contributed by atoms with Crippen LogP contribution in [0, 0.1) is 5.92 Å². The van der Waals surface area contributed by atoms with Gasteiger partial charge >= 0.3 is 0 Å². The van der Waals surface area contributed by atoms with E-state index in [1.54, 1.807) is 0 Å². The quantitative estimate of drug-likeness (QED) is 0.807. The van der Waals surface area contributed by atoms with E-state index in [0.717, 1.165) is 12.5 Å². The Bertz CT molecular complexity index is 382. The van der Waals surface area contributed by atoms with Crippen LogP contribution in [-0.4, -0.2) is 30.6 Å². The average molecular weight is 288 g/mol. The molecule has 1 N–H and O–H groups in total. The monoisotopic (exact) mass is 288 g/mol. The van der Waals surface area contributed by atoms with Crippen LogP contribution in [0.4, 0.5) is 0 Å². The van der Waals surface area contributed by atoms with E-state index >= 15 is 0 Å². The Morgan fingerprint density at radius 2 is 1.81 bits per heavy atom. The summed E-state index contributed by atoms with van der Waals surface area (Å²) in [7, 11) is 0. The second-order valence-corrected chi connectivity index (χ2v) is 6.54. The summed E-state index contributed by atoms with van der Waals surface area (Å²) in [5, 5.41) is 3.80. The predicted octanol–water partition coefficient (Wildman–Crippen LogP) is 4.24. The molecule has 2 nitrogen and oxygen atoms in total. The summed E-state index contributed by atoms with van der Waals surface area (Å²) in [5.74, 6) is 0.900. The third kappa shape index (κ3) is 4.55. The van der Waals surface area contributed by atoms with E-state index in [9.17, 15) is 0 Å². The number of piperidine rings is 1. The molecule has 1 fully saturated rings. The van der Waals surface area contributed by atoms with Gasteiger partial charge in [-0.2, -0.15) is 0 Å². The molecule has 2 unspecified atom stereocenters. The first-order valence-electron chi connectivity index (χ1n) is 8.78. The number of likely N-dealkylation sites (tertiary alicyclic amines) is 1. The Hall–Kier alpha value is -0.860. The molecular formula is C19H32N2. The molecule has 2 rings (SSSR count). The van der Waals surface area contributed by atoms with Crippen molar-refractivity contribution in [2.24, 2.45) is 5.92 Å². The second-order valence-electron chi connectivity index (χ2n) is 6.54. The number of benzene rings is 1. The van der Waals surface area contributed by atoms with Crippen molar-refractivity contribution >= 4 is 0 Å². The fourth-order valence-corrected chi connectivity index (χ4v) is 3.50. The van der Waals surface area contributed by atoms with Crippen molar-refractivity contribution in [1.29, 1.82) is 0 Å². The summed E-state index contributed by atoms with van der Waals surface area (Å²) in [6.07, 6.45) is 5.11. The number of hydrogen-bond acceptors (Lipinski definition) is 2. The molecule has 118 valence electrons. The van der Waals surface area contributed by atoms with E-state index in [1.807, 2.05) is 0 Å². The number of rotatable bonds is 7. The van der Waals surface area contributed by atoms with E-state index in [0.29, 0.717) is 12.1 Å². The molecule has 0 radical (unpaired) electrons. The van der Waals surface area contributed by atoms with E-state index in [-0.39, 0.29) is 0 Å². The predicted molar refractivity (Wildman–Crippen MR) is 91.5 cm³/mol. The number of nitrogens with zero attached hydrogens (tertiary/aromatic N) is 1. The third-order valence-electron chi connectivity index (χ3n) is 4.86. The van der Waals surface area contributed by atoms with Gasteiger partial charge in [0.1, 0.15) is 0 Å². The highest BCUT2D eigenvalue weighted by Gasteiger charge is 2.29. The smallest absolute Gasteiger partial charge is 0.0478 e. The lowest BCUT2D eigenvalue weighted by atomic mass is 9.91. The Balaban J connectivity index is 2.12. The van der Waals surface area contributed by atoms with Crippen LogP contribution in [0.25, 0.3) is 0 Å². The van der Waals surface area contributed by atoms with E-state index in [1.165, 1.54) is 44.3 Å². The first kappa shape index (κ1) is 16.5. The van der Waals surface area contributed by atoms with Crippen LogP contribution < -0.4 is 5.32 Å². The van der Waals surface area contributed by atoms with Crippen molar-refractivity contribution in [3.05, 3.63) is 35.9 Å². The first-order chi connectivity index (χ1) is 10.3. The molecule has 0 amide bonds. The van der Waals surface area contributed by atoms with Gasteiger partial charge in [0.2, 0.25) is 0 Å². The lowest BCUT2D eigenvalue weighted by molar-refractivity contribution is 0.107. The zero-order valence-corrected chi connectivity index (χ0v) is 14.0. The van der Waals surface area contributed by atoms with Crippen LogP contribution in [0.1, 0.15) is 58.1 Å². The Kier molecular flexibility index (Phi) is 6.72. The van der Waals surface area contributed by atoms with E-state index < -0.39 is 0 Å². The van der Waals surface area contributed by atoms with Crippen molar-refractivity contribution in [3.8, 4) is 0 Å². The molecule has 2 heteroatoms. The van der Waals surface area contributed by atoms with Crippen LogP contribution in [-0.2, 0) is 0 Å². The van der Waals surface area contributed by atoms with Crippen molar-refractivity contribution in [1.82, 2.24) is 10.2 Å². The first-order valence-corrected chi connectivity index (χ1v) is 8.78. The minimum absolute atomic E-state index is 0.463. The SMILES string of the molecule is CCCNC(c1ccccc1)C(CC)N1CCC(C)CC1. The van der Waals surface area contributed by atoms with Gasteiger partial charge < -0.3 is 5.32 Å². The summed E-state index contributed by atoms with van der Waals surface area (Å²) >= 11 is 0. The van der Waals surface area contributed by atoms with Gasteiger partial charge in [0.15, 0.2) is 0 Å².